The van der Waals surface area contributed by atoms with Gasteiger partial charge in [-0.05, 0) is 18.1 Å². The molecule has 2 N–H and O–H groups in total. The fraction of sp³-hybridized carbons (Fsp3) is 0.500. The highest BCUT2D eigenvalue weighted by Crippen LogP contribution is 2.22. The average molecular weight is 313 g/mol. The summed E-state index contributed by atoms with van der Waals surface area (Å²) in [6.07, 6.45) is 0.240. The van der Waals surface area contributed by atoms with Crippen LogP contribution < -0.4 is 5.32 Å². The molecule has 0 aromatic carbocycles. The number of aromatic nitrogens is 1. The van der Waals surface area contributed by atoms with Crippen molar-refractivity contribution in [2.24, 2.45) is 0 Å². The van der Waals surface area contributed by atoms with E-state index in [9.17, 15) is 14.7 Å². The molecule has 2 heterocycles. The van der Waals surface area contributed by atoms with Crippen LogP contribution in [0.3, 0.4) is 0 Å². The molecule has 1 saturated heterocycles. The summed E-state index contributed by atoms with van der Waals surface area (Å²) in [5, 5.41) is 12.1. The first-order valence-corrected chi connectivity index (χ1v) is 7.03. The van der Waals surface area contributed by atoms with E-state index in [-0.39, 0.29) is 24.1 Å². The van der Waals surface area contributed by atoms with Crippen LogP contribution in [-0.4, -0.2) is 40.7 Å². The third-order valence-electron chi connectivity index (χ3n) is 3.45. The Balaban J connectivity index is 2.26. The summed E-state index contributed by atoms with van der Waals surface area (Å²) in [4.78, 5) is 27.9. The van der Waals surface area contributed by atoms with Crippen LogP contribution in [0.4, 0.5) is 0 Å². The molecule has 114 valence electrons. The molecule has 1 aromatic rings. The molecule has 0 spiro atoms. The number of nitrogens with zero attached hydrogens (tertiary/aromatic N) is 1. The highest BCUT2D eigenvalue weighted by Gasteiger charge is 2.44. The van der Waals surface area contributed by atoms with E-state index in [0.29, 0.717) is 17.9 Å². The van der Waals surface area contributed by atoms with Gasteiger partial charge < -0.3 is 15.2 Å². The molecule has 1 unspecified atom stereocenters. The Bertz CT molecular complexity index is 568. The maximum absolute atomic E-state index is 12.3. The maximum atomic E-state index is 12.3. The largest absolute Gasteiger partial charge is 0.479 e. The normalized spacial score (nSPS) is 21.5. The molecule has 6 nitrogen and oxygen atoms in total. The first kappa shape index (κ1) is 15.7. The van der Waals surface area contributed by atoms with E-state index in [2.05, 4.69) is 10.3 Å². The lowest BCUT2D eigenvalue weighted by Gasteiger charge is -2.23. The van der Waals surface area contributed by atoms with Crippen LogP contribution in [0.1, 0.15) is 42.2 Å². The number of amides is 1. The van der Waals surface area contributed by atoms with Gasteiger partial charge in [0.25, 0.3) is 5.91 Å². The molecule has 1 aliphatic rings. The van der Waals surface area contributed by atoms with Gasteiger partial charge in [-0.2, -0.15) is 0 Å². The van der Waals surface area contributed by atoms with E-state index in [1.165, 1.54) is 6.07 Å². The SMILES string of the molecule is CC(C)c1cc(C(=O)NC2(C(=O)O)CCOC2)cc(Cl)n1. The van der Waals surface area contributed by atoms with E-state index in [1.807, 2.05) is 13.8 Å². The Morgan fingerprint density at radius 2 is 2.19 bits per heavy atom. The topological polar surface area (TPSA) is 88.5 Å². The van der Waals surface area contributed by atoms with Crippen LogP contribution in [0.5, 0.6) is 0 Å². The standard InChI is InChI=1S/C14H17ClN2O4/c1-8(2)10-5-9(6-11(15)16-10)12(18)17-14(13(19)20)3-4-21-7-14/h5-6,8H,3-4,7H2,1-2H3,(H,17,18)(H,19,20). The number of ether oxygens (including phenoxy) is 1. The van der Waals surface area contributed by atoms with Crippen LogP contribution in [0.15, 0.2) is 12.1 Å². The molecule has 1 amide bonds. The highest BCUT2D eigenvalue weighted by molar-refractivity contribution is 6.29. The third kappa shape index (κ3) is 3.33. The molecule has 1 aromatic heterocycles. The van der Waals surface area contributed by atoms with Crippen LogP contribution >= 0.6 is 11.6 Å². The molecule has 1 atom stereocenters. The summed E-state index contributed by atoms with van der Waals surface area (Å²) < 4.78 is 5.11. The van der Waals surface area contributed by atoms with E-state index >= 15 is 0 Å². The van der Waals surface area contributed by atoms with Crippen molar-refractivity contribution in [2.45, 2.75) is 31.7 Å². The molecule has 2 rings (SSSR count). The molecule has 0 bridgehead atoms. The van der Waals surface area contributed by atoms with Gasteiger partial charge in [0.1, 0.15) is 5.15 Å². The summed E-state index contributed by atoms with van der Waals surface area (Å²) in [7, 11) is 0. The van der Waals surface area contributed by atoms with Gasteiger partial charge in [-0.15, -0.1) is 0 Å². The molecule has 0 radical (unpaired) electrons. The summed E-state index contributed by atoms with van der Waals surface area (Å²) in [5.41, 5.74) is -0.393. The smallest absolute Gasteiger partial charge is 0.331 e. The van der Waals surface area contributed by atoms with E-state index in [0.717, 1.165) is 0 Å². The summed E-state index contributed by atoms with van der Waals surface area (Å²) in [6, 6.07) is 3.05. The van der Waals surface area contributed by atoms with Gasteiger partial charge in [-0.3, -0.25) is 4.79 Å². The van der Waals surface area contributed by atoms with Crippen LogP contribution in [0, 0.1) is 0 Å². The zero-order valence-corrected chi connectivity index (χ0v) is 12.6. The molecule has 7 heteroatoms. The fourth-order valence-corrected chi connectivity index (χ4v) is 2.33. The number of nitrogens with one attached hydrogen (secondary N) is 1. The molecule has 0 aliphatic carbocycles. The van der Waals surface area contributed by atoms with Crippen LogP contribution in [0.2, 0.25) is 5.15 Å². The molecule has 1 aliphatic heterocycles. The number of pyridine rings is 1. The van der Waals surface area contributed by atoms with Crippen molar-refractivity contribution in [3.8, 4) is 0 Å². The minimum absolute atomic E-state index is 0.0378. The van der Waals surface area contributed by atoms with Gasteiger partial charge in [-0.25, -0.2) is 9.78 Å². The Hall–Kier alpha value is -1.66. The summed E-state index contributed by atoms with van der Waals surface area (Å²) in [6.45, 7) is 4.14. The summed E-state index contributed by atoms with van der Waals surface area (Å²) in [5.74, 6) is -1.48. The van der Waals surface area contributed by atoms with Gasteiger partial charge >= 0.3 is 5.97 Å². The molecule has 21 heavy (non-hydrogen) atoms. The second kappa shape index (κ2) is 5.99. The van der Waals surface area contributed by atoms with Gasteiger partial charge in [0, 0.05) is 24.3 Å². The molecular weight excluding hydrogens is 296 g/mol. The average Bonchev–Trinajstić information content (AvgIpc) is 2.87. The predicted molar refractivity (Wildman–Crippen MR) is 76.6 cm³/mol. The van der Waals surface area contributed by atoms with E-state index in [1.54, 1.807) is 6.07 Å². The number of carbonyl (C=O) groups is 2. The molecular formula is C14H17ClN2O4. The zero-order chi connectivity index (χ0) is 15.6. The first-order valence-electron chi connectivity index (χ1n) is 6.65. The summed E-state index contributed by atoms with van der Waals surface area (Å²) >= 11 is 5.92. The third-order valence-corrected chi connectivity index (χ3v) is 3.65. The second-order valence-corrected chi connectivity index (χ2v) is 5.79. The number of halogens is 1. The Morgan fingerprint density at radius 3 is 2.71 bits per heavy atom. The van der Waals surface area contributed by atoms with Gasteiger partial charge in [-0.1, -0.05) is 25.4 Å². The number of carboxylic acids is 1. The van der Waals surface area contributed by atoms with Crippen LogP contribution in [-0.2, 0) is 9.53 Å². The van der Waals surface area contributed by atoms with Crippen molar-refractivity contribution in [3.63, 3.8) is 0 Å². The van der Waals surface area contributed by atoms with Crippen molar-refractivity contribution < 1.29 is 19.4 Å². The number of carboxylic acid groups (broad SMARTS) is 1. The number of hydrogen-bond acceptors (Lipinski definition) is 4. The Morgan fingerprint density at radius 1 is 1.48 bits per heavy atom. The number of carbonyl (C=O) groups excluding carboxylic acids is 1. The maximum Gasteiger partial charge on any atom is 0.331 e. The quantitative estimate of drug-likeness (QED) is 0.828. The van der Waals surface area contributed by atoms with Crippen molar-refractivity contribution in [2.75, 3.05) is 13.2 Å². The monoisotopic (exact) mass is 312 g/mol. The van der Waals surface area contributed by atoms with Crippen LogP contribution in [0.25, 0.3) is 0 Å². The van der Waals surface area contributed by atoms with E-state index in [4.69, 9.17) is 16.3 Å². The lowest BCUT2D eigenvalue weighted by molar-refractivity contribution is -0.144. The van der Waals surface area contributed by atoms with Crippen molar-refractivity contribution in [1.82, 2.24) is 10.3 Å². The molecule has 0 saturated carbocycles. The second-order valence-electron chi connectivity index (χ2n) is 5.40. The number of aliphatic carboxylic acids is 1. The Kier molecular flexibility index (Phi) is 4.49. The lowest BCUT2D eigenvalue weighted by Crippen LogP contribution is -2.55. The minimum Gasteiger partial charge on any atom is -0.479 e. The number of hydrogen-bond donors (Lipinski definition) is 2. The van der Waals surface area contributed by atoms with Gasteiger partial charge in [0.15, 0.2) is 5.54 Å². The van der Waals surface area contributed by atoms with Gasteiger partial charge in [0.2, 0.25) is 0 Å². The number of rotatable bonds is 4. The Labute approximate surface area is 127 Å². The predicted octanol–water partition coefficient (Wildman–Crippen LogP) is 1.83. The van der Waals surface area contributed by atoms with Crippen molar-refractivity contribution >= 4 is 23.5 Å². The zero-order valence-electron chi connectivity index (χ0n) is 11.9. The van der Waals surface area contributed by atoms with E-state index < -0.39 is 17.4 Å². The highest BCUT2D eigenvalue weighted by atomic mass is 35.5. The first-order chi connectivity index (χ1) is 9.84. The molecule has 1 fully saturated rings. The lowest BCUT2D eigenvalue weighted by atomic mass is 9.98. The fourth-order valence-electron chi connectivity index (χ4n) is 2.12. The van der Waals surface area contributed by atoms with Crippen molar-refractivity contribution in [3.05, 3.63) is 28.5 Å². The van der Waals surface area contributed by atoms with Crippen molar-refractivity contribution in [1.29, 1.82) is 0 Å². The van der Waals surface area contributed by atoms with Gasteiger partial charge in [0.05, 0.1) is 6.61 Å². The minimum atomic E-state index is -1.37.